The van der Waals surface area contributed by atoms with Crippen LogP contribution in [0.2, 0.25) is 0 Å². The smallest absolute Gasteiger partial charge is 0.404 e. The van der Waals surface area contributed by atoms with Crippen LogP contribution in [-0.2, 0) is 14.1 Å². The number of hydrogen-bond donors (Lipinski definition) is 3. The summed E-state index contributed by atoms with van der Waals surface area (Å²) in [5.74, 6) is 0.0398. The van der Waals surface area contributed by atoms with Crippen LogP contribution in [0.5, 0.6) is 0 Å². The first kappa shape index (κ1) is 28.8. The van der Waals surface area contributed by atoms with Gasteiger partial charge in [-0.05, 0) is 79.5 Å². The van der Waals surface area contributed by atoms with Crippen molar-refractivity contribution in [2.75, 3.05) is 0 Å². The van der Waals surface area contributed by atoms with Crippen LogP contribution in [0.1, 0.15) is 71.2 Å². The zero-order valence-electron chi connectivity index (χ0n) is 24.5. The van der Waals surface area contributed by atoms with E-state index in [1.165, 1.54) is 6.92 Å². The highest BCUT2D eigenvalue weighted by Gasteiger charge is 2.68. The summed E-state index contributed by atoms with van der Waals surface area (Å²) in [7, 11) is -0.579. The zero-order valence-corrected chi connectivity index (χ0v) is 24.5. The molecule has 3 saturated carbocycles. The number of nitrogens with one attached hydrogen (secondary N) is 2. The van der Waals surface area contributed by atoms with E-state index in [0.29, 0.717) is 23.8 Å². The molecule has 1 heterocycles. The summed E-state index contributed by atoms with van der Waals surface area (Å²) in [6.45, 7) is 12.5. The maximum atomic E-state index is 13.6. The van der Waals surface area contributed by atoms with Gasteiger partial charge in [0.2, 0.25) is 5.91 Å². The van der Waals surface area contributed by atoms with Crippen molar-refractivity contribution in [1.29, 1.82) is 0 Å². The number of carbonyl (C=O) groups is 2. The fourth-order valence-corrected chi connectivity index (χ4v) is 7.19. The van der Waals surface area contributed by atoms with Gasteiger partial charge in [-0.25, -0.2) is 0 Å². The van der Waals surface area contributed by atoms with E-state index in [-0.39, 0.29) is 23.0 Å². The van der Waals surface area contributed by atoms with Crippen LogP contribution in [-0.4, -0.2) is 53.8 Å². The third-order valence-electron chi connectivity index (χ3n) is 9.63. The molecule has 214 valence electrons. The van der Waals surface area contributed by atoms with Gasteiger partial charge in [0, 0.05) is 5.56 Å². The molecule has 0 unspecified atom stereocenters. The maximum Gasteiger partial charge on any atom is 0.481 e. The van der Waals surface area contributed by atoms with Crippen molar-refractivity contribution in [1.82, 2.24) is 10.6 Å². The third-order valence-corrected chi connectivity index (χ3v) is 9.63. The molecule has 2 aromatic rings. The minimum absolute atomic E-state index is 0.00463. The summed E-state index contributed by atoms with van der Waals surface area (Å²) in [5, 5.41) is 16.4. The van der Waals surface area contributed by atoms with Gasteiger partial charge < -0.3 is 25.0 Å². The van der Waals surface area contributed by atoms with Crippen molar-refractivity contribution >= 4 is 18.9 Å². The number of hydrogen-bond acceptors (Lipinski definition) is 5. The Bertz CT molecular complexity index is 1230. The van der Waals surface area contributed by atoms with Crippen molar-refractivity contribution < 1.29 is 24.0 Å². The van der Waals surface area contributed by atoms with E-state index in [2.05, 4.69) is 45.3 Å². The Hall–Kier alpha value is -2.68. The average Bonchev–Trinajstić information content (AvgIpc) is 3.28. The molecule has 7 atom stereocenters. The topological polar surface area (TPSA) is 96.9 Å². The van der Waals surface area contributed by atoms with E-state index in [0.717, 1.165) is 24.0 Å². The molecule has 4 fully saturated rings. The molecule has 40 heavy (non-hydrogen) atoms. The SMILES string of the molecule is CC(C)C[C@H](NC(=O)[C@@H](NC(=O)c1cccc(-c2ccccc2)c1)[C@@H](C)O)B1O[C@@H]2C[C@@H]3C[C@@H](C3(C)C)[C@]2(C)O1. The van der Waals surface area contributed by atoms with Crippen LogP contribution in [0.3, 0.4) is 0 Å². The van der Waals surface area contributed by atoms with Gasteiger partial charge in [-0.15, -0.1) is 0 Å². The number of amides is 2. The highest BCUT2D eigenvalue weighted by Crippen LogP contribution is 2.65. The Kier molecular flexibility index (Phi) is 7.90. The summed E-state index contributed by atoms with van der Waals surface area (Å²) in [5.41, 5.74) is 2.14. The number of benzene rings is 2. The first-order valence-corrected chi connectivity index (χ1v) is 14.7. The first-order chi connectivity index (χ1) is 18.9. The molecule has 4 aliphatic rings. The Balaban J connectivity index is 1.29. The van der Waals surface area contributed by atoms with Crippen molar-refractivity contribution in [3.05, 3.63) is 60.2 Å². The monoisotopic (exact) mass is 546 g/mol. The second-order valence-electron chi connectivity index (χ2n) is 13.2. The first-order valence-electron chi connectivity index (χ1n) is 14.7. The van der Waals surface area contributed by atoms with E-state index in [9.17, 15) is 14.7 Å². The lowest BCUT2D eigenvalue weighted by atomic mass is 9.43. The number of rotatable bonds is 9. The third kappa shape index (κ3) is 5.33. The zero-order chi connectivity index (χ0) is 28.8. The summed E-state index contributed by atoms with van der Waals surface area (Å²) in [6.07, 6.45) is 1.67. The fraction of sp³-hybridized carbons (Fsp3) is 0.562. The molecular formula is C32H43BN2O5. The van der Waals surface area contributed by atoms with Crippen molar-refractivity contribution in [2.45, 2.75) is 90.6 Å². The Morgan fingerprint density at radius 1 is 1.00 bits per heavy atom. The van der Waals surface area contributed by atoms with Gasteiger partial charge in [0.1, 0.15) is 6.04 Å². The lowest BCUT2D eigenvalue weighted by Crippen LogP contribution is -2.65. The van der Waals surface area contributed by atoms with Crippen molar-refractivity contribution in [3.63, 3.8) is 0 Å². The highest BCUT2D eigenvalue weighted by atomic mass is 16.7. The van der Waals surface area contributed by atoms with Gasteiger partial charge in [-0.3, -0.25) is 9.59 Å². The molecule has 2 amide bonds. The lowest BCUT2D eigenvalue weighted by Gasteiger charge is -2.64. The molecule has 0 spiro atoms. The summed E-state index contributed by atoms with van der Waals surface area (Å²) < 4.78 is 13.1. The van der Waals surface area contributed by atoms with Crippen LogP contribution < -0.4 is 10.6 Å². The maximum absolute atomic E-state index is 13.6. The van der Waals surface area contributed by atoms with Crippen molar-refractivity contribution in [2.24, 2.45) is 23.2 Å². The second-order valence-corrected chi connectivity index (χ2v) is 13.2. The lowest BCUT2D eigenvalue weighted by molar-refractivity contribution is -0.199. The van der Waals surface area contributed by atoms with Crippen LogP contribution >= 0.6 is 0 Å². The molecule has 2 aromatic carbocycles. The van der Waals surface area contributed by atoms with Gasteiger partial charge in [0.05, 0.1) is 23.8 Å². The second kappa shape index (κ2) is 11.0. The van der Waals surface area contributed by atoms with Gasteiger partial charge in [0.25, 0.3) is 5.91 Å². The quantitative estimate of drug-likeness (QED) is 0.399. The number of aliphatic hydroxyl groups excluding tert-OH is 1. The molecule has 1 saturated heterocycles. The fourth-order valence-electron chi connectivity index (χ4n) is 7.19. The van der Waals surface area contributed by atoms with Crippen LogP contribution in [0.25, 0.3) is 11.1 Å². The molecule has 3 aliphatic carbocycles. The van der Waals surface area contributed by atoms with Crippen molar-refractivity contribution in [3.8, 4) is 11.1 Å². The number of aliphatic hydroxyl groups is 1. The molecule has 0 radical (unpaired) electrons. The minimum Gasteiger partial charge on any atom is -0.404 e. The summed E-state index contributed by atoms with van der Waals surface area (Å²) in [4.78, 5) is 26.8. The molecule has 8 heteroatoms. The Labute approximate surface area is 238 Å². The van der Waals surface area contributed by atoms with E-state index < -0.39 is 37.0 Å². The molecule has 3 N–H and O–H groups in total. The van der Waals surface area contributed by atoms with Crippen LogP contribution in [0.15, 0.2) is 54.6 Å². The number of carbonyl (C=O) groups excluding carboxylic acids is 2. The predicted octanol–water partition coefficient (Wildman–Crippen LogP) is 4.63. The summed E-state index contributed by atoms with van der Waals surface area (Å²) >= 11 is 0. The summed E-state index contributed by atoms with van der Waals surface area (Å²) in [6, 6.07) is 15.9. The molecule has 0 aromatic heterocycles. The standard InChI is InChI=1S/C32H43BN2O5/c1-19(2)15-27(33-39-26-18-24-17-25(31(24,4)5)32(26,6)40-33)34-30(38)28(20(3)36)35-29(37)23-14-10-13-22(16-23)21-11-8-7-9-12-21/h7-14,16,19-20,24-28,36H,15,17-18H2,1-6H3,(H,34,38)(H,35,37)/t20-,24+,25+,26-,27+,28+,32+/m1/s1. The Morgan fingerprint density at radius 2 is 1.70 bits per heavy atom. The van der Waals surface area contributed by atoms with Gasteiger partial charge in [0.15, 0.2) is 0 Å². The highest BCUT2D eigenvalue weighted by molar-refractivity contribution is 6.48. The normalized spacial score (nSPS) is 28.7. The van der Waals surface area contributed by atoms with Crippen LogP contribution in [0.4, 0.5) is 0 Å². The predicted molar refractivity (Wildman–Crippen MR) is 156 cm³/mol. The molecule has 7 nitrogen and oxygen atoms in total. The van der Waals surface area contributed by atoms with E-state index >= 15 is 0 Å². The van der Waals surface area contributed by atoms with Gasteiger partial charge >= 0.3 is 7.12 Å². The largest absolute Gasteiger partial charge is 0.481 e. The Morgan fingerprint density at radius 3 is 2.35 bits per heavy atom. The van der Waals surface area contributed by atoms with E-state index in [1.807, 2.05) is 42.5 Å². The molecule has 6 rings (SSSR count). The van der Waals surface area contributed by atoms with E-state index in [4.69, 9.17) is 9.31 Å². The average molecular weight is 547 g/mol. The molecule has 2 bridgehead atoms. The molecule has 1 aliphatic heterocycles. The minimum atomic E-state index is -1.13. The van der Waals surface area contributed by atoms with Crippen LogP contribution in [0, 0.1) is 23.2 Å². The molecular weight excluding hydrogens is 503 g/mol. The van der Waals surface area contributed by atoms with Gasteiger partial charge in [-0.1, -0.05) is 70.2 Å². The van der Waals surface area contributed by atoms with Gasteiger partial charge in [-0.2, -0.15) is 0 Å². The van der Waals surface area contributed by atoms with E-state index in [1.54, 1.807) is 12.1 Å².